The molecular weight excluding hydrogens is 318 g/mol. The molecule has 136 valence electrons. The van der Waals surface area contributed by atoms with Gasteiger partial charge in [-0.05, 0) is 38.1 Å². The zero-order valence-corrected chi connectivity index (χ0v) is 14.9. The molecule has 1 aliphatic heterocycles. The number of methoxy groups -OCH3 is 1. The Kier molecular flexibility index (Phi) is 5.12. The molecule has 1 atom stereocenters. The van der Waals surface area contributed by atoms with E-state index in [9.17, 15) is 0 Å². The van der Waals surface area contributed by atoms with Crippen molar-refractivity contribution in [3.8, 4) is 0 Å². The number of rotatable bonds is 7. The molecule has 2 aromatic rings. The van der Waals surface area contributed by atoms with Crippen molar-refractivity contribution < 1.29 is 9.26 Å². The van der Waals surface area contributed by atoms with Crippen LogP contribution < -0.4 is 0 Å². The van der Waals surface area contributed by atoms with Crippen molar-refractivity contribution in [1.82, 2.24) is 24.6 Å². The van der Waals surface area contributed by atoms with Gasteiger partial charge in [0.25, 0.3) is 0 Å². The molecule has 0 amide bonds. The lowest BCUT2D eigenvalue weighted by molar-refractivity contribution is 0.168. The Balaban J connectivity index is 1.38. The highest BCUT2D eigenvalue weighted by atomic mass is 16.5. The third-order valence-electron chi connectivity index (χ3n) is 5.44. The van der Waals surface area contributed by atoms with Gasteiger partial charge in [-0.25, -0.2) is 4.98 Å². The number of piperidine rings is 1. The maximum Gasteiger partial charge on any atom is 0.240 e. The van der Waals surface area contributed by atoms with Gasteiger partial charge >= 0.3 is 0 Å². The fourth-order valence-electron chi connectivity index (χ4n) is 3.93. The van der Waals surface area contributed by atoms with Gasteiger partial charge in [-0.1, -0.05) is 11.6 Å². The molecule has 7 nitrogen and oxygen atoms in total. The topological polar surface area (TPSA) is 69.2 Å². The Morgan fingerprint density at radius 2 is 2.20 bits per heavy atom. The number of imidazole rings is 1. The van der Waals surface area contributed by atoms with Gasteiger partial charge in [-0.15, -0.1) is 0 Å². The maximum atomic E-state index is 5.34. The second-order valence-corrected chi connectivity index (χ2v) is 7.35. The monoisotopic (exact) mass is 345 g/mol. The van der Waals surface area contributed by atoms with Crippen molar-refractivity contribution in [2.75, 3.05) is 20.2 Å². The van der Waals surface area contributed by atoms with Gasteiger partial charge in [0, 0.05) is 38.5 Å². The lowest BCUT2D eigenvalue weighted by atomic mass is 9.85. The third-order valence-corrected chi connectivity index (χ3v) is 5.44. The van der Waals surface area contributed by atoms with Crippen LogP contribution in [0.3, 0.4) is 0 Å². The van der Waals surface area contributed by atoms with Gasteiger partial charge in [0.1, 0.15) is 12.4 Å². The molecule has 2 aromatic heterocycles. The maximum absolute atomic E-state index is 5.34. The molecule has 2 aliphatic rings. The minimum atomic E-state index is 0.394. The first-order chi connectivity index (χ1) is 12.3. The van der Waals surface area contributed by atoms with E-state index in [4.69, 9.17) is 9.26 Å². The van der Waals surface area contributed by atoms with E-state index < -0.39 is 0 Å². The molecule has 0 unspecified atom stereocenters. The molecule has 3 heterocycles. The van der Waals surface area contributed by atoms with Gasteiger partial charge in [-0.2, -0.15) is 4.98 Å². The van der Waals surface area contributed by atoms with E-state index >= 15 is 0 Å². The molecule has 0 bridgehead atoms. The van der Waals surface area contributed by atoms with Crippen molar-refractivity contribution >= 4 is 0 Å². The van der Waals surface area contributed by atoms with Crippen LogP contribution in [0.2, 0.25) is 0 Å². The fourth-order valence-corrected chi connectivity index (χ4v) is 3.93. The summed E-state index contributed by atoms with van der Waals surface area (Å²) in [5, 5.41) is 3.95. The normalized spacial score (nSPS) is 22.2. The number of likely N-dealkylation sites (tertiary alicyclic amines) is 1. The van der Waals surface area contributed by atoms with Crippen LogP contribution in [-0.2, 0) is 24.4 Å². The Labute approximate surface area is 148 Å². The largest absolute Gasteiger partial charge is 0.377 e. The smallest absolute Gasteiger partial charge is 0.240 e. The fraction of sp³-hybridized carbons (Fsp3) is 0.722. The highest BCUT2D eigenvalue weighted by Gasteiger charge is 2.27. The zero-order valence-electron chi connectivity index (χ0n) is 14.9. The summed E-state index contributed by atoms with van der Waals surface area (Å²) in [7, 11) is 1.64. The summed E-state index contributed by atoms with van der Waals surface area (Å²) < 4.78 is 12.8. The van der Waals surface area contributed by atoms with E-state index in [0.29, 0.717) is 30.8 Å². The number of ether oxygens (including phenoxy) is 1. The van der Waals surface area contributed by atoms with Gasteiger partial charge in [0.15, 0.2) is 5.82 Å². The van der Waals surface area contributed by atoms with Crippen LogP contribution in [0.1, 0.15) is 55.6 Å². The lowest BCUT2D eigenvalue weighted by Crippen LogP contribution is -2.35. The van der Waals surface area contributed by atoms with Gasteiger partial charge < -0.3 is 13.8 Å². The minimum Gasteiger partial charge on any atom is -0.377 e. The summed E-state index contributed by atoms with van der Waals surface area (Å²) in [5.74, 6) is 3.88. The van der Waals surface area contributed by atoms with Gasteiger partial charge in [0.05, 0.1) is 6.54 Å². The van der Waals surface area contributed by atoms with Crippen molar-refractivity contribution in [3.05, 3.63) is 29.9 Å². The van der Waals surface area contributed by atoms with Crippen LogP contribution in [0.25, 0.3) is 0 Å². The number of aromatic nitrogens is 4. The molecule has 2 fully saturated rings. The van der Waals surface area contributed by atoms with E-state index in [0.717, 1.165) is 25.6 Å². The predicted octanol–water partition coefficient (Wildman–Crippen LogP) is 2.59. The van der Waals surface area contributed by atoms with Crippen molar-refractivity contribution in [2.45, 2.75) is 57.7 Å². The average Bonchev–Trinajstić information content (AvgIpc) is 3.21. The summed E-state index contributed by atoms with van der Waals surface area (Å²) >= 11 is 0. The van der Waals surface area contributed by atoms with Crippen molar-refractivity contribution in [3.63, 3.8) is 0 Å². The number of nitrogens with zero attached hydrogens (tertiary/aromatic N) is 5. The average molecular weight is 345 g/mol. The minimum absolute atomic E-state index is 0.394. The highest BCUT2D eigenvalue weighted by molar-refractivity contribution is 5.04. The highest BCUT2D eigenvalue weighted by Crippen LogP contribution is 2.31. The van der Waals surface area contributed by atoms with E-state index in [1.807, 2.05) is 6.20 Å². The first kappa shape index (κ1) is 16.7. The zero-order chi connectivity index (χ0) is 17.1. The van der Waals surface area contributed by atoms with Gasteiger partial charge in [-0.3, -0.25) is 4.90 Å². The first-order valence-electron chi connectivity index (χ1n) is 9.35. The summed E-state index contributed by atoms with van der Waals surface area (Å²) in [6, 6.07) is 0. The van der Waals surface area contributed by atoms with E-state index in [2.05, 4.69) is 30.8 Å². The lowest BCUT2D eigenvalue weighted by Gasteiger charge is -2.33. The molecule has 7 heteroatoms. The van der Waals surface area contributed by atoms with Crippen molar-refractivity contribution in [2.24, 2.45) is 5.92 Å². The summed E-state index contributed by atoms with van der Waals surface area (Å²) in [6.07, 6.45) is 10.6. The summed E-state index contributed by atoms with van der Waals surface area (Å²) in [5.41, 5.74) is 0. The molecule has 1 saturated carbocycles. The molecule has 0 spiro atoms. The van der Waals surface area contributed by atoms with Crippen LogP contribution in [0.5, 0.6) is 0 Å². The molecule has 1 saturated heterocycles. The van der Waals surface area contributed by atoms with Crippen LogP contribution in [0.15, 0.2) is 16.9 Å². The van der Waals surface area contributed by atoms with Crippen LogP contribution in [-0.4, -0.2) is 44.8 Å². The molecule has 0 aromatic carbocycles. The number of hydrogen-bond acceptors (Lipinski definition) is 6. The van der Waals surface area contributed by atoms with Crippen LogP contribution in [0, 0.1) is 5.92 Å². The first-order valence-corrected chi connectivity index (χ1v) is 9.35. The number of hydrogen-bond donors (Lipinski definition) is 0. The van der Waals surface area contributed by atoms with Crippen LogP contribution in [0.4, 0.5) is 0 Å². The van der Waals surface area contributed by atoms with Crippen molar-refractivity contribution in [1.29, 1.82) is 0 Å². The Morgan fingerprint density at radius 3 is 3.00 bits per heavy atom. The van der Waals surface area contributed by atoms with E-state index in [1.165, 1.54) is 37.9 Å². The quantitative estimate of drug-likeness (QED) is 0.768. The molecule has 1 aliphatic carbocycles. The second-order valence-electron chi connectivity index (χ2n) is 7.35. The third kappa shape index (κ3) is 3.93. The Morgan fingerprint density at radius 1 is 1.28 bits per heavy atom. The molecular formula is C18H27N5O2. The van der Waals surface area contributed by atoms with E-state index in [1.54, 1.807) is 7.11 Å². The second kappa shape index (κ2) is 7.66. The van der Waals surface area contributed by atoms with Gasteiger partial charge in [0.2, 0.25) is 5.89 Å². The predicted molar refractivity (Wildman–Crippen MR) is 91.8 cm³/mol. The molecule has 4 rings (SSSR count). The summed E-state index contributed by atoms with van der Waals surface area (Å²) in [6.45, 7) is 4.31. The Hall–Kier alpha value is -1.73. The Bertz CT molecular complexity index is 679. The molecule has 0 N–H and O–H groups in total. The SMILES string of the molecule is COCc1noc(CN2CCC[C@H](c3nccn3CC3CCC3)C2)n1. The van der Waals surface area contributed by atoms with E-state index in [-0.39, 0.29) is 0 Å². The van der Waals surface area contributed by atoms with Crippen LogP contribution >= 0.6 is 0 Å². The molecule has 25 heavy (non-hydrogen) atoms. The standard InChI is InChI=1S/C18H27N5O2/c1-24-13-16-20-17(25-21-16)12-22-8-3-6-15(11-22)18-19-7-9-23(18)10-14-4-2-5-14/h7,9,14-15H,2-6,8,10-13H2,1H3/t15-/m0/s1. The molecule has 0 radical (unpaired) electrons. The summed E-state index contributed by atoms with van der Waals surface area (Å²) in [4.78, 5) is 11.5.